The second-order valence-corrected chi connectivity index (χ2v) is 6.92. The molecule has 1 amide bonds. The average Bonchev–Trinajstić information content (AvgIpc) is 2.53. The highest BCUT2D eigenvalue weighted by Crippen LogP contribution is 2.14. The van der Waals surface area contributed by atoms with Crippen molar-refractivity contribution in [2.45, 2.75) is 17.9 Å². The topological polar surface area (TPSA) is 83.5 Å². The first-order valence-electron chi connectivity index (χ1n) is 6.70. The number of carbonyl (C=O) groups excluding carboxylic acids is 1. The Kier molecular flexibility index (Phi) is 4.95. The number of carbonyl (C=O) groups is 1. The van der Waals surface area contributed by atoms with Gasteiger partial charge in [0.2, 0.25) is 0 Å². The number of amides is 1. The lowest BCUT2D eigenvalue weighted by Crippen LogP contribution is -2.33. The Morgan fingerprint density at radius 1 is 1.09 bits per heavy atom. The Bertz CT molecular complexity index is 739. The number of aliphatic hydroxyl groups excluding tert-OH is 1. The summed E-state index contributed by atoms with van der Waals surface area (Å²) in [6.07, 6.45) is -1.39. The van der Waals surface area contributed by atoms with Gasteiger partial charge in [-0.05, 0) is 24.6 Å². The predicted octanol–water partition coefficient (Wildman–Crippen LogP) is 1.58. The Morgan fingerprint density at radius 3 is 2.27 bits per heavy atom. The van der Waals surface area contributed by atoms with Gasteiger partial charge in [0, 0.05) is 0 Å². The highest BCUT2D eigenvalue weighted by molar-refractivity contribution is 7.91. The van der Waals surface area contributed by atoms with Crippen LogP contribution in [-0.4, -0.2) is 25.3 Å². The van der Waals surface area contributed by atoms with Gasteiger partial charge in [0.1, 0.15) is 5.88 Å². The molecule has 22 heavy (non-hydrogen) atoms. The maximum atomic E-state index is 12.1. The van der Waals surface area contributed by atoms with Gasteiger partial charge in [-0.3, -0.25) is 4.79 Å². The molecule has 0 spiro atoms. The van der Waals surface area contributed by atoms with Gasteiger partial charge in [-0.15, -0.1) is 0 Å². The summed E-state index contributed by atoms with van der Waals surface area (Å²) >= 11 is 0. The van der Waals surface area contributed by atoms with Crippen molar-refractivity contribution in [2.24, 2.45) is 0 Å². The summed E-state index contributed by atoms with van der Waals surface area (Å²) in [6.45, 7) is 1.86. The fraction of sp³-hybridized carbons (Fsp3) is 0.188. The number of hydrogen-bond donors (Lipinski definition) is 2. The third-order valence-corrected chi connectivity index (χ3v) is 4.69. The quantitative estimate of drug-likeness (QED) is 0.876. The van der Waals surface area contributed by atoms with Crippen LogP contribution in [0.3, 0.4) is 0 Å². The summed E-state index contributed by atoms with van der Waals surface area (Å²) in [5, 5.41) is 12.1. The first-order valence-corrected chi connectivity index (χ1v) is 8.35. The number of nitrogens with one attached hydrogen (secondary N) is 1. The zero-order valence-corrected chi connectivity index (χ0v) is 12.9. The smallest absolute Gasteiger partial charge is 0.254 e. The van der Waals surface area contributed by atoms with Gasteiger partial charge in [0.05, 0.1) is 4.90 Å². The summed E-state index contributed by atoms with van der Waals surface area (Å²) in [6, 6.07) is 14.7. The molecule has 1 atom stereocenters. The van der Waals surface area contributed by atoms with Crippen molar-refractivity contribution in [3.8, 4) is 0 Å². The first-order chi connectivity index (χ1) is 10.4. The highest BCUT2D eigenvalue weighted by Gasteiger charge is 2.20. The molecule has 2 rings (SSSR count). The molecule has 0 saturated heterocycles. The minimum Gasteiger partial charge on any atom is -0.378 e. The van der Waals surface area contributed by atoms with Crippen LogP contribution >= 0.6 is 0 Å². The van der Waals surface area contributed by atoms with Crippen LogP contribution in [0.1, 0.15) is 17.2 Å². The molecule has 1 unspecified atom stereocenters. The van der Waals surface area contributed by atoms with Gasteiger partial charge in [-0.1, -0.05) is 48.0 Å². The first kappa shape index (κ1) is 16.2. The zero-order chi connectivity index (χ0) is 16.2. The van der Waals surface area contributed by atoms with Crippen molar-refractivity contribution < 1.29 is 18.3 Å². The third kappa shape index (κ3) is 3.93. The number of sulfone groups is 1. The Balaban J connectivity index is 2.02. The SMILES string of the molecule is Cc1ccc(S(=O)(=O)CNC(=O)C(O)c2ccccc2)cc1. The van der Waals surface area contributed by atoms with E-state index in [1.807, 2.05) is 6.92 Å². The van der Waals surface area contributed by atoms with Gasteiger partial charge in [-0.25, -0.2) is 8.42 Å². The summed E-state index contributed by atoms with van der Waals surface area (Å²) in [5.41, 5.74) is 1.36. The fourth-order valence-corrected chi connectivity index (χ4v) is 2.93. The van der Waals surface area contributed by atoms with Crippen molar-refractivity contribution in [3.63, 3.8) is 0 Å². The minimum atomic E-state index is -3.63. The lowest BCUT2D eigenvalue weighted by molar-refractivity contribution is -0.129. The van der Waals surface area contributed by atoms with Gasteiger partial charge < -0.3 is 10.4 Å². The molecule has 116 valence electrons. The van der Waals surface area contributed by atoms with Crippen LogP contribution in [0.4, 0.5) is 0 Å². The molecule has 0 aliphatic heterocycles. The van der Waals surface area contributed by atoms with Crippen LogP contribution in [0.15, 0.2) is 59.5 Å². The van der Waals surface area contributed by atoms with Crippen LogP contribution in [0.5, 0.6) is 0 Å². The van der Waals surface area contributed by atoms with Crippen molar-refractivity contribution >= 4 is 15.7 Å². The molecule has 0 radical (unpaired) electrons. The van der Waals surface area contributed by atoms with Gasteiger partial charge in [-0.2, -0.15) is 0 Å². The van der Waals surface area contributed by atoms with Gasteiger partial charge >= 0.3 is 0 Å². The second-order valence-electron chi connectivity index (χ2n) is 4.93. The number of hydrogen-bond acceptors (Lipinski definition) is 4. The van der Waals surface area contributed by atoms with Crippen LogP contribution in [-0.2, 0) is 14.6 Å². The molecule has 0 heterocycles. The largest absolute Gasteiger partial charge is 0.378 e. The van der Waals surface area contributed by atoms with E-state index in [0.29, 0.717) is 5.56 Å². The van der Waals surface area contributed by atoms with Crippen molar-refractivity contribution in [3.05, 3.63) is 65.7 Å². The third-order valence-electron chi connectivity index (χ3n) is 3.18. The molecule has 0 aliphatic rings. The average molecular weight is 319 g/mol. The zero-order valence-electron chi connectivity index (χ0n) is 12.1. The van der Waals surface area contributed by atoms with Crippen LogP contribution in [0, 0.1) is 6.92 Å². The molecule has 0 fully saturated rings. The van der Waals surface area contributed by atoms with E-state index in [2.05, 4.69) is 5.32 Å². The Hall–Kier alpha value is -2.18. The summed E-state index contributed by atoms with van der Waals surface area (Å²) < 4.78 is 24.2. The van der Waals surface area contributed by atoms with E-state index in [4.69, 9.17) is 0 Å². The molecule has 2 aromatic carbocycles. The Morgan fingerprint density at radius 2 is 1.68 bits per heavy atom. The summed E-state index contributed by atoms with van der Waals surface area (Å²) in [7, 11) is -3.63. The maximum Gasteiger partial charge on any atom is 0.254 e. The predicted molar refractivity (Wildman–Crippen MR) is 82.8 cm³/mol. The standard InChI is InChI=1S/C16H17NO4S/c1-12-7-9-14(10-8-12)22(20,21)11-17-16(19)15(18)13-5-3-2-4-6-13/h2-10,15,18H,11H2,1H3,(H,17,19). The van der Waals surface area contributed by atoms with E-state index in [-0.39, 0.29) is 4.90 Å². The van der Waals surface area contributed by atoms with E-state index in [0.717, 1.165) is 5.56 Å². The summed E-state index contributed by atoms with van der Waals surface area (Å²) in [4.78, 5) is 12.0. The number of rotatable bonds is 5. The van der Waals surface area contributed by atoms with E-state index >= 15 is 0 Å². The monoisotopic (exact) mass is 319 g/mol. The fourth-order valence-electron chi connectivity index (χ4n) is 1.88. The molecule has 5 nitrogen and oxygen atoms in total. The van der Waals surface area contributed by atoms with E-state index in [1.165, 1.54) is 12.1 Å². The van der Waals surface area contributed by atoms with Crippen molar-refractivity contribution in [2.75, 3.05) is 5.88 Å². The minimum absolute atomic E-state index is 0.132. The second kappa shape index (κ2) is 6.72. The normalized spacial score (nSPS) is 12.6. The lowest BCUT2D eigenvalue weighted by Gasteiger charge is -2.12. The molecule has 2 N–H and O–H groups in total. The van der Waals surface area contributed by atoms with Crippen LogP contribution in [0.25, 0.3) is 0 Å². The molecule has 0 aliphatic carbocycles. The van der Waals surface area contributed by atoms with E-state index in [9.17, 15) is 18.3 Å². The number of benzene rings is 2. The molecule has 0 saturated carbocycles. The molecule has 6 heteroatoms. The lowest BCUT2D eigenvalue weighted by atomic mass is 10.1. The maximum absolute atomic E-state index is 12.1. The summed E-state index contributed by atoms with van der Waals surface area (Å²) in [5.74, 6) is -1.31. The molecule has 0 bridgehead atoms. The molecule has 2 aromatic rings. The van der Waals surface area contributed by atoms with Crippen molar-refractivity contribution in [1.82, 2.24) is 5.32 Å². The molecule has 0 aromatic heterocycles. The van der Waals surface area contributed by atoms with Gasteiger partial charge in [0.25, 0.3) is 5.91 Å². The molecular weight excluding hydrogens is 302 g/mol. The Labute approximate surface area is 129 Å². The van der Waals surface area contributed by atoms with Crippen LogP contribution < -0.4 is 5.32 Å². The van der Waals surface area contributed by atoms with Crippen LogP contribution in [0.2, 0.25) is 0 Å². The molecular formula is C16H17NO4S. The van der Waals surface area contributed by atoms with Gasteiger partial charge in [0.15, 0.2) is 15.9 Å². The highest BCUT2D eigenvalue weighted by atomic mass is 32.2. The van der Waals surface area contributed by atoms with Crippen molar-refractivity contribution in [1.29, 1.82) is 0 Å². The number of aryl methyl sites for hydroxylation is 1. The van der Waals surface area contributed by atoms with E-state index < -0.39 is 27.7 Å². The number of aliphatic hydroxyl groups is 1. The van der Waals surface area contributed by atoms with E-state index in [1.54, 1.807) is 42.5 Å².